The molecule has 1 aliphatic heterocycles. The fourth-order valence-electron chi connectivity index (χ4n) is 1.46. The van der Waals surface area contributed by atoms with E-state index in [2.05, 4.69) is 0 Å². The predicted molar refractivity (Wildman–Crippen MR) is 59.9 cm³/mol. The standard InChI is InChI=1S/C8H8ClNO4S2/c9-16(12,13)10-8(6-14-15(10)11)7-4-2-1-3-5-7/h1-5,8H,6H2. The molecule has 2 rings (SSSR count). The van der Waals surface area contributed by atoms with E-state index in [1.165, 1.54) is 0 Å². The highest BCUT2D eigenvalue weighted by Crippen LogP contribution is 2.33. The van der Waals surface area contributed by atoms with Crippen LogP contribution in [0.2, 0.25) is 0 Å². The van der Waals surface area contributed by atoms with Crippen molar-refractivity contribution < 1.29 is 16.8 Å². The molecule has 0 N–H and O–H groups in total. The molecule has 0 radical (unpaired) electrons. The summed E-state index contributed by atoms with van der Waals surface area (Å²) in [6, 6.07) is 8.14. The minimum atomic E-state index is -4.07. The van der Waals surface area contributed by atoms with Crippen LogP contribution in [0.25, 0.3) is 0 Å². The Kier molecular flexibility index (Phi) is 3.32. The molecular formula is C8H8ClNO4S2. The Bertz CT molecular complexity index is 504. The van der Waals surface area contributed by atoms with Crippen LogP contribution in [0, 0.1) is 0 Å². The van der Waals surface area contributed by atoms with Gasteiger partial charge in [-0.3, -0.25) is 4.18 Å². The lowest BCUT2D eigenvalue weighted by molar-refractivity contribution is 0.347. The maximum Gasteiger partial charge on any atom is 0.313 e. The molecule has 2 unspecified atom stereocenters. The topological polar surface area (TPSA) is 63.7 Å². The molecular weight excluding hydrogens is 274 g/mol. The van der Waals surface area contributed by atoms with Crippen LogP contribution < -0.4 is 0 Å². The quantitative estimate of drug-likeness (QED) is 0.762. The average molecular weight is 282 g/mol. The Morgan fingerprint density at radius 1 is 1.38 bits per heavy atom. The second-order valence-electron chi connectivity index (χ2n) is 3.13. The van der Waals surface area contributed by atoms with Crippen molar-refractivity contribution >= 4 is 31.2 Å². The zero-order chi connectivity index (χ0) is 11.8. The molecule has 1 fully saturated rings. The summed E-state index contributed by atoms with van der Waals surface area (Å²) in [5, 5.41) is 0. The Hall–Kier alpha value is -0.470. The minimum Gasteiger partial charge on any atom is -0.275 e. The van der Waals surface area contributed by atoms with Gasteiger partial charge in [0.05, 0.1) is 12.6 Å². The third kappa shape index (κ3) is 2.28. The Morgan fingerprint density at radius 3 is 2.56 bits per heavy atom. The molecule has 0 amide bonds. The van der Waals surface area contributed by atoms with E-state index in [-0.39, 0.29) is 6.61 Å². The van der Waals surface area contributed by atoms with Gasteiger partial charge in [0.2, 0.25) is 0 Å². The molecule has 2 atom stereocenters. The lowest BCUT2D eigenvalue weighted by atomic mass is 10.1. The number of rotatable bonds is 2. The van der Waals surface area contributed by atoms with Crippen LogP contribution in [-0.2, 0) is 24.7 Å². The van der Waals surface area contributed by atoms with Crippen LogP contribution >= 0.6 is 10.7 Å². The molecule has 5 nitrogen and oxygen atoms in total. The summed E-state index contributed by atoms with van der Waals surface area (Å²) in [7, 11) is 1.14. The maximum absolute atomic E-state index is 11.4. The van der Waals surface area contributed by atoms with Crippen LogP contribution in [-0.4, -0.2) is 22.9 Å². The Morgan fingerprint density at radius 2 is 2.00 bits per heavy atom. The predicted octanol–water partition coefficient (Wildman–Crippen LogP) is 1.12. The van der Waals surface area contributed by atoms with Gasteiger partial charge >= 0.3 is 9.24 Å². The highest BCUT2D eigenvalue weighted by molar-refractivity contribution is 8.16. The van der Waals surface area contributed by atoms with Crippen LogP contribution in [0.5, 0.6) is 0 Å². The zero-order valence-electron chi connectivity index (χ0n) is 7.95. The molecule has 0 spiro atoms. The number of hydrogen-bond donors (Lipinski definition) is 0. The molecule has 0 aliphatic carbocycles. The van der Waals surface area contributed by atoms with Crippen molar-refractivity contribution in [2.45, 2.75) is 6.04 Å². The fraction of sp³-hybridized carbons (Fsp3) is 0.250. The molecule has 0 saturated carbocycles. The van der Waals surface area contributed by atoms with Crippen molar-refractivity contribution in [3.63, 3.8) is 0 Å². The van der Waals surface area contributed by atoms with E-state index >= 15 is 0 Å². The largest absolute Gasteiger partial charge is 0.313 e. The van der Waals surface area contributed by atoms with Crippen molar-refractivity contribution in [3.8, 4) is 0 Å². The molecule has 16 heavy (non-hydrogen) atoms. The fourth-order valence-corrected chi connectivity index (χ4v) is 4.10. The third-order valence-corrected chi connectivity index (χ3v) is 5.34. The highest BCUT2D eigenvalue weighted by atomic mass is 35.7. The lowest BCUT2D eigenvalue weighted by Crippen LogP contribution is -2.28. The van der Waals surface area contributed by atoms with Gasteiger partial charge in [-0.1, -0.05) is 34.0 Å². The van der Waals surface area contributed by atoms with E-state index in [0.717, 1.165) is 0 Å². The van der Waals surface area contributed by atoms with Crippen molar-refractivity contribution in [2.24, 2.45) is 0 Å². The smallest absolute Gasteiger partial charge is 0.275 e. The summed E-state index contributed by atoms with van der Waals surface area (Å²) < 4.78 is 39.3. The third-order valence-electron chi connectivity index (χ3n) is 2.13. The van der Waals surface area contributed by atoms with Gasteiger partial charge in [-0.05, 0) is 5.56 Å². The van der Waals surface area contributed by atoms with E-state index in [9.17, 15) is 12.6 Å². The SMILES string of the molecule is O=S1OCC(c2ccccc2)N1S(=O)(=O)Cl. The molecule has 0 bridgehead atoms. The van der Waals surface area contributed by atoms with Gasteiger partial charge in [0, 0.05) is 10.7 Å². The molecule has 8 heteroatoms. The Balaban J connectivity index is 2.40. The molecule has 1 saturated heterocycles. The number of hydrogen-bond acceptors (Lipinski definition) is 4. The maximum atomic E-state index is 11.4. The van der Waals surface area contributed by atoms with Crippen LogP contribution in [0.3, 0.4) is 0 Å². The first-order valence-corrected chi connectivity index (χ1v) is 7.64. The molecule has 1 heterocycles. The van der Waals surface area contributed by atoms with E-state index in [0.29, 0.717) is 9.27 Å². The van der Waals surface area contributed by atoms with E-state index in [1.807, 2.05) is 0 Å². The van der Waals surface area contributed by atoms with Gasteiger partial charge in [0.25, 0.3) is 11.3 Å². The van der Waals surface area contributed by atoms with Crippen molar-refractivity contribution in [1.82, 2.24) is 3.71 Å². The summed E-state index contributed by atoms with van der Waals surface area (Å²) in [5.41, 5.74) is 0.692. The normalized spacial score (nSPS) is 27.1. The van der Waals surface area contributed by atoms with Crippen LogP contribution in [0.1, 0.15) is 11.6 Å². The summed E-state index contributed by atoms with van der Waals surface area (Å²) in [5.74, 6) is 0. The van der Waals surface area contributed by atoms with Crippen molar-refractivity contribution in [2.75, 3.05) is 6.61 Å². The van der Waals surface area contributed by atoms with Gasteiger partial charge in [0.1, 0.15) is 0 Å². The van der Waals surface area contributed by atoms with Gasteiger partial charge in [-0.15, -0.1) is 0 Å². The Labute approximate surface area is 100 Å². The monoisotopic (exact) mass is 281 g/mol. The average Bonchev–Trinajstić information content (AvgIpc) is 2.61. The molecule has 1 aliphatic rings. The van der Waals surface area contributed by atoms with Gasteiger partial charge in [0.15, 0.2) is 0 Å². The zero-order valence-corrected chi connectivity index (χ0v) is 10.3. The summed E-state index contributed by atoms with van der Waals surface area (Å²) in [4.78, 5) is 0. The molecule has 1 aromatic rings. The lowest BCUT2D eigenvalue weighted by Gasteiger charge is -2.16. The van der Waals surface area contributed by atoms with E-state index < -0.39 is 26.5 Å². The number of benzene rings is 1. The summed E-state index contributed by atoms with van der Waals surface area (Å²) >= 11 is -2.05. The first-order valence-electron chi connectivity index (χ1n) is 4.34. The molecule has 0 aromatic heterocycles. The second kappa shape index (κ2) is 4.42. The van der Waals surface area contributed by atoms with Gasteiger partial charge < -0.3 is 0 Å². The van der Waals surface area contributed by atoms with Crippen molar-refractivity contribution in [1.29, 1.82) is 0 Å². The minimum absolute atomic E-state index is 0.0303. The molecule has 1 aromatic carbocycles. The van der Waals surface area contributed by atoms with Crippen LogP contribution in [0.4, 0.5) is 0 Å². The molecule has 88 valence electrons. The van der Waals surface area contributed by atoms with Gasteiger partial charge in [-0.2, -0.15) is 8.42 Å². The first-order chi connectivity index (χ1) is 7.50. The van der Waals surface area contributed by atoms with Crippen LogP contribution in [0.15, 0.2) is 30.3 Å². The van der Waals surface area contributed by atoms with E-state index in [4.69, 9.17) is 14.9 Å². The highest BCUT2D eigenvalue weighted by Gasteiger charge is 2.41. The second-order valence-corrected chi connectivity index (χ2v) is 6.81. The number of halogens is 1. The summed E-state index contributed by atoms with van der Waals surface area (Å²) in [6.07, 6.45) is 0. The number of nitrogens with zero attached hydrogens (tertiary/aromatic N) is 1. The first kappa shape index (κ1) is 12.0. The van der Waals surface area contributed by atoms with Crippen molar-refractivity contribution in [3.05, 3.63) is 35.9 Å². The van der Waals surface area contributed by atoms with E-state index in [1.54, 1.807) is 30.3 Å². The van der Waals surface area contributed by atoms with Gasteiger partial charge in [-0.25, -0.2) is 4.21 Å². The summed E-state index contributed by atoms with van der Waals surface area (Å²) in [6.45, 7) is 0.0303.